The predicted octanol–water partition coefficient (Wildman–Crippen LogP) is 3.06. The van der Waals surface area contributed by atoms with E-state index < -0.39 is 0 Å². The second-order valence-corrected chi connectivity index (χ2v) is 6.00. The van der Waals surface area contributed by atoms with Crippen molar-refractivity contribution in [1.82, 2.24) is 10.1 Å². The van der Waals surface area contributed by atoms with Crippen LogP contribution in [0.5, 0.6) is 0 Å². The molecule has 1 unspecified atom stereocenters. The number of halogens is 1. The fourth-order valence-electron chi connectivity index (χ4n) is 2.39. The molecule has 1 aliphatic heterocycles. The number of nitrogens with zero attached hydrogens (tertiary/aromatic N) is 3. The number of rotatable bonds is 4. The zero-order chi connectivity index (χ0) is 15.7. The highest BCUT2D eigenvalue weighted by Crippen LogP contribution is 2.26. The number of anilines is 2. The zero-order valence-electron chi connectivity index (χ0n) is 12.4. The molecule has 6 nitrogen and oxygen atoms in total. The summed E-state index contributed by atoms with van der Waals surface area (Å²) in [7, 11) is 0. The maximum Gasteiger partial charge on any atom is 0.322 e. The molecule has 3 rings (SSSR count). The molecule has 0 radical (unpaired) electrons. The molecule has 1 saturated heterocycles. The van der Waals surface area contributed by atoms with E-state index in [4.69, 9.17) is 16.1 Å². The molecule has 1 atom stereocenters. The quantitative estimate of drug-likeness (QED) is 0.937. The van der Waals surface area contributed by atoms with E-state index in [-0.39, 0.29) is 23.9 Å². The molecule has 1 N–H and O–H groups in total. The Hall–Kier alpha value is -2.08. The monoisotopic (exact) mass is 320 g/mol. The van der Waals surface area contributed by atoms with Crippen molar-refractivity contribution in [3.63, 3.8) is 0 Å². The number of hydrogen-bond donors (Lipinski definition) is 1. The van der Waals surface area contributed by atoms with E-state index in [1.165, 1.54) is 0 Å². The largest absolute Gasteiger partial charge is 0.326 e. The minimum atomic E-state index is -0.362. The van der Waals surface area contributed by atoms with Gasteiger partial charge in [-0.3, -0.25) is 4.79 Å². The summed E-state index contributed by atoms with van der Waals surface area (Å²) in [4.78, 5) is 18.4. The van der Waals surface area contributed by atoms with Crippen LogP contribution in [-0.4, -0.2) is 28.6 Å². The SMILES string of the molecule is CC(C)c1noc(NC2CCN(c3cccc(Cl)c3)C2=O)n1. The molecule has 1 aromatic carbocycles. The van der Waals surface area contributed by atoms with Gasteiger partial charge in [0.15, 0.2) is 5.82 Å². The Morgan fingerprint density at radius 2 is 2.27 bits per heavy atom. The van der Waals surface area contributed by atoms with Gasteiger partial charge in [0.1, 0.15) is 6.04 Å². The van der Waals surface area contributed by atoms with Gasteiger partial charge in [0.25, 0.3) is 0 Å². The molecule has 1 aliphatic rings. The van der Waals surface area contributed by atoms with Crippen molar-refractivity contribution in [2.45, 2.75) is 32.2 Å². The number of nitrogens with one attached hydrogen (secondary N) is 1. The summed E-state index contributed by atoms with van der Waals surface area (Å²) in [5.74, 6) is 0.785. The number of aromatic nitrogens is 2. The summed E-state index contributed by atoms with van der Waals surface area (Å²) in [6, 6.07) is 7.20. The number of hydrogen-bond acceptors (Lipinski definition) is 5. The van der Waals surface area contributed by atoms with E-state index in [1.54, 1.807) is 17.0 Å². The Labute approximate surface area is 133 Å². The highest BCUT2D eigenvalue weighted by molar-refractivity contribution is 6.31. The minimum absolute atomic E-state index is 0.0217. The third-order valence-electron chi connectivity index (χ3n) is 3.58. The van der Waals surface area contributed by atoms with E-state index in [9.17, 15) is 4.79 Å². The molecule has 7 heteroatoms. The van der Waals surface area contributed by atoms with Crippen molar-refractivity contribution >= 4 is 29.2 Å². The van der Waals surface area contributed by atoms with Gasteiger partial charge >= 0.3 is 6.01 Å². The first kappa shape index (κ1) is 14.8. The topological polar surface area (TPSA) is 71.3 Å². The predicted molar refractivity (Wildman–Crippen MR) is 84.2 cm³/mol. The lowest BCUT2D eigenvalue weighted by molar-refractivity contribution is -0.117. The third-order valence-corrected chi connectivity index (χ3v) is 3.82. The number of carbonyl (C=O) groups excluding carboxylic acids is 1. The van der Waals surface area contributed by atoms with E-state index in [2.05, 4.69) is 15.5 Å². The number of amides is 1. The van der Waals surface area contributed by atoms with Crippen LogP contribution < -0.4 is 10.2 Å². The first-order chi connectivity index (χ1) is 10.5. The van der Waals surface area contributed by atoms with Crippen LogP contribution in [0.4, 0.5) is 11.7 Å². The molecule has 1 aromatic heterocycles. The molecule has 1 amide bonds. The summed E-state index contributed by atoms with van der Waals surface area (Å²) in [5, 5.41) is 7.51. The van der Waals surface area contributed by atoms with Crippen LogP contribution in [0.3, 0.4) is 0 Å². The fourth-order valence-corrected chi connectivity index (χ4v) is 2.58. The first-order valence-electron chi connectivity index (χ1n) is 7.21. The highest BCUT2D eigenvalue weighted by Gasteiger charge is 2.33. The van der Waals surface area contributed by atoms with Gasteiger partial charge in [-0.15, -0.1) is 0 Å². The summed E-state index contributed by atoms with van der Waals surface area (Å²) in [5.41, 5.74) is 0.801. The Morgan fingerprint density at radius 1 is 1.45 bits per heavy atom. The van der Waals surface area contributed by atoms with Gasteiger partial charge < -0.3 is 14.7 Å². The van der Waals surface area contributed by atoms with E-state index in [1.807, 2.05) is 26.0 Å². The van der Waals surface area contributed by atoms with Crippen LogP contribution in [0.1, 0.15) is 32.0 Å². The van der Waals surface area contributed by atoms with Gasteiger partial charge in [-0.25, -0.2) is 0 Å². The van der Waals surface area contributed by atoms with Crippen LogP contribution in [0.15, 0.2) is 28.8 Å². The molecule has 22 heavy (non-hydrogen) atoms. The molecule has 0 bridgehead atoms. The molecule has 0 spiro atoms. The molecular formula is C15H17ClN4O2. The lowest BCUT2D eigenvalue weighted by Crippen LogP contribution is -2.33. The molecule has 1 fully saturated rings. The van der Waals surface area contributed by atoms with Gasteiger partial charge in [-0.1, -0.05) is 36.7 Å². The number of carbonyl (C=O) groups is 1. The van der Waals surface area contributed by atoms with Crippen molar-refractivity contribution in [3.05, 3.63) is 35.1 Å². The van der Waals surface area contributed by atoms with E-state index >= 15 is 0 Å². The summed E-state index contributed by atoms with van der Waals surface area (Å²) >= 11 is 5.98. The van der Waals surface area contributed by atoms with E-state index in [0.717, 1.165) is 5.69 Å². The first-order valence-corrected chi connectivity index (χ1v) is 7.59. The molecule has 0 saturated carbocycles. The second kappa shape index (κ2) is 5.96. The molecule has 116 valence electrons. The molecule has 2 heterocycles. The van der Waals surface area contributed by atoms with Crippen LogP contribution >= 0.6 is 11.6 Å². The minimum Gasteiger partial charge on any atom is -0.326 e. The van der Waals surface area contributed by atoms with Crippen molar-refractivity contribution in [1.29, 1.82) is 0 Å². The Balaban J connectivity index is 1.70. The van der Waals surface area contributed by atoms with Crippen molar-refractivity contribution < 1.29 is 9.32 Å². The highest BCUT2D eigenvalue weighted by atomic mass is 35.5. The van der Waals surface area contributed by atoms with Crippen LogP contribution in [0.2, 0.25) is 5.02 Å². The lowest BCUT2D eigenvalue weighted by atomic mass is 10.2. The van der Waals surface area contributed by atoms with Crippen molar-refractivity contribution in [3.8, 4) is 0 Å². The average molecular weight is 321 g/mol. The smallest absolute Gasteiger partial charge is 0.322 e. The van der Waals surface area contributed by atoms with Gasteiger partial charge in [-0.05, 0) is 24.6 Å². The lowest BCUT2D eigenvalue weighted by Gasteiger charge is -2.17. The van der Waals surface area contributed by atoms with Gasteiger partial charge in [0.2, 0.25) is 5.91 Å². The Morgan fingerprint density at radius 3 is 2.95 bits per heavy atom. The Bertz CT molecular complexity index is 686. The van der Waals surface area contributed by atoms with Gasteiger partial charge in [0, 0.05) is 23.2 Å². The Kier molecular flexibility index (Phi) is 4.02. The fraction of sp³-hybridized carbons (Fsp3) is 0.400. The van der Waals surface area contributed by atoms with Gasteiger partial charge in [0.05, 0.1) is 0 Å². The normalized spacial score (nSPS) is 18.3. The van der Waals surface area contributed by atoms with Gasteiger partial charge in [-0.2, -0.15) is 4.98 Å². The van der Waals surface area contributed by atoms with Crippen molar-refractivity contribution in [2.24, 2.45) is 0 Å². The molecule has 2 aromatic rings. The van der Waals surface area contributed by atoms with Crippen molar-refractivity contribution in [2.75, 3.05) is 16.8 Å². The van der Waals surface area contributed by atoms with Crippen LogP contribution in [-0.2, 0) is 4.79 Å². The van der Waals surface area contributed by atoms with E-state index in [0.29, 0.717) is 23.8 Å². The maximum atomic E-state index is 12.5. The zero-order valence-corrected chi connectivity index (χ0v) is 13.2. The van der Waals surface area contributed by atoms with Crippen LogP contribution in [0, 0.1) is 0 Å². The second-order valence-electron chi connectivity index (χ2n) is 5.57. The standard InChI is InChI=1S/C15H17ClN4O2/c1-9(2)13-18-15(22-19-13)17-12-6-7-20(14(12)21)11-5-3-4-10(16)8-11/h3-5,8-9,12H,6-7H2,1-2H3,(H,17,18,19). The average Bonchev–Trinajstić information content (AvgIpc) is 3.08. The summed E-state index contributed by atoms with van der Waals surface area (Å²) in [6.45, 7) is 4.59. The van der Waals surface area contributed by atoms with Crippen LogP contribution in [0.25, 0.3) is 0 Å². The molecule has 0 aliphatic carbocycles. The summed E-state index contributed by atoms with van der Waals surface area (Å²) < 4.78 is 5.13. The number of benzene rings is 1. The maximum absolute atomic E-state index is 12.5. The summed E-state index contributed by atoms with van der Waals surface area (Å²) in [6.07, 6.45) is 0.671. The third kappa shape index (κ3) is 2.92. The molecular weight excluding hydrogens is 304 g/mol.